The summed E-state index contributed by atoms with van der Waals surface area (Å²) < 4.78 is 19.9. The zero-order valence-corrected chi connectivity index (χ0v) is 19.7. The van der Waals surface area contributed by atoms with Gasteiger partial charge in [0.2, 0.25) is 0 Å². The summed E-state index contributed by atoms with van der Waals surface area (Å²) in [5, 5.41) is 9.28. The van der Waals surface area contributed by atoms with Crippen LogP contribution in [0.25, 0.3) is 12.2 Å². The summed E-state index contributed by atoms with van der Waals surface area (Å²) in [6.07, 6.45) is -0.281. The number of rotatable bonds is 7. The number of esters is 1. The Bertz CT molecular complexity index is 1510. The van der Waals surface area contributed by atoms with Crippen LogP contribution in [-0.4, -0.2) is 34.1 Å². The minimum atomic E-state index is -1.07. The van der Waals surface area contributed by atoms with Crippen molar-refractivity contribution in [3.63, 3.8) is 0 Å². The lowest BCUT2D eigenvalue weighted by Crippen LogP contribution is -2.37. The third kappa shape index (κ3) is 5.03. The van der Waals surface area contributed by atoms with Crippen molar-refractivity contribution >= 4 is 58.6 Å². The molecule has 0 spiro atoms. The SMILES string of the molecule is C=c1s/c(=C2\C(=O)N(CC(=O)OCc3ccc(F)cc3)c3ccc(Cl)cc32)c(=O)n1CCC(=O)O. The van der Waals surface area contributed by atoms with E-state index < -0.39 is 35.8 Å². The minimum absolute atomic E-state index is 0.0582. The molecule has 1 N–H and O–H groups in total. The molecule has 11 heteroatoms. The van der Waals surface area contributed by atoms with E-state index in [1.165, 1.54) is 39.8 Å². The Labute approximate surface area is 206 Å². The van der Waals surface area contributed by atoms with Gasteiger partial charge in [-0.2, -0.15) is 0 Å². The van der Waals surface area contributed by atoms with Crippen LogP contribution >= 0.6 is 22.9 Å². The molecular formula is C24H18ClFN2O6S. The zero-order chi connectivity index (χ0) is 25.3. The number of fused-ring (bicyclic) bond motifs is 1. The highest BCUT2D eigenvalue weighted by Gasteiger charge is 2.36. The largest absolute Gasteiger partial charge is 0.481 e. The number of benzene rings is 2. The summed E-state index contributed by atoms with van der Waals surface area (Å²) in [5.74, 6) is -2.78. The van der Waals surface area contributed by atoms with Gasteiger partial charge in [-0.3, -0.25) is 28.6 Å². The number of ether oxygens (including phenoxy) is 1. The molecule has 0 unspecified atom stereocenters. The molecule has 0 fully saturated rings. The van der Waals surface area contributed by atoms with Gasteiger partial charge in [-0.1, -0.05) is 30.3 Å². The van der Waals surface area contributed by atoms with Crippen molar-refractivity contribution in [2.24, 2.45) is 0 Å². The van der Waals surface area contributed by atoms with Gasteiger partial charge in [0.1, 0.15) is 23.5 Å². The van der Waals surface area contributed by atoms with Gasteiger partial charge in [0, 0.05) is 17.1 Å². The number of hydrogen-bond donors (Lipinski definition) is 1. The van der Waals surface area contributed by atoms with Crippen LogP contribution in [-0.2, 0) is 32.3 Å². The number of carbonyl (C=O) groups is 3. The number of hydrogen-bond acceptors (Lipinski definition) is 6. The highest BCUT2D eigenvalue weighted by molar-refractivity contribution is 7.07. The third-order valence-corrected chi connectivity index (χ3v) is 6.59. The van der Waals surface area contributed by atoms with Crippen molar-refractivity contribution in [1.82, 2.24) is 4.57 Å². The molecule has 4 rings (SSSR count). The Balaban J connectivity index is 1.67. The molecule has 35 heavy (non-hydrogen) atoms. The van der Waals surface area contributed by atoms with Gasteiger partial charge in [0.05, 0.1) is 22.3 Å². The smallest absolute Gasteiger partial charge is 0.326 e. The Morgan fingerprint density at radius 3 is 2.54 bits per heavy atom. The van der Waals surface area contributed by atoms with Gasteiger partial charge >= 0.3 is 11.9 Å². The van der Waals surface area contributed by atoms with Crippen molar-refractivity contribution in [3.05, 3.63) is 84.0 Å². The predicted molar refractivity (Wildman–Crippen MR) is 128 cm³/mol. The maximum absolute atomic E-state index is 13.4. The molecule has 1 aliphatic heterocycles. The number of aromatic nitrogens is 1. The van der Waals surface area contributed by atoms with Crippen LogP contribution in [0.5, 0.6) is 0 Å². The van der Waals surface area contributed by atoms with Crippen LogP contribution < -0.4 is 19.7 Å². The molecule has 0 saturated carbocycles. The van der Waals surface area contributed by atoms with Crippen LogP contribution in [0, 0.1) is 5.82 Å². The summed E-state index contributed by atoms with van der Waals surface area (Å²) in [4.78, 5) is 51.1. The molecule has 0 aliphatic carbocycles. The summed E-state index contributed by atoms with van der Waals surface area (Å²) in [7, 11) is 0. The lowest BCUT2D eigenvalue weighted by atomic mass is 10.1. The van der Waals surface area contributed by atoms with E-state index in [2.05, 4.69) is 6.58 Å². The highest BCUT2D eigenvalue weighted by atomic mass is 35.5. The van der Waals surface area contributed by atoms with Crippen LogP contribution in [0.2, 0.25) is 5.02 Å². The predicted octanol–water partition coefficient (Wildman–Crippen LogP) is 1.88. The Hall–Kier alpha value is -3.76. The number of nitrogens with zero attached hydrogens (tertiary/aromatic N) is 2. The molecular weight excluding hydrogens is 499 g/mol. The lowest BCUT2D eigenvalue weighted by Gasteiger charge is -2.16. The number of thiazole rings is 1. The van der Waals surface area contributed by atoms with Crippen molar-refractivity contribution in [1.29, 1.82) is 0 Å². The van der Waals surface area contributed by atoms with Gasteiger partial charge in [0.25, 0.3) is 11.5 Å². The van der Waals surface area contributed by atoms with E-state index in [0.717, 1.165) is 11.3 Å². The number of amides is 1. The van der Waals surface area contributed by atoms with Gasteiger partial charge < -0.3 is 9.84 Å². The number of carboxylic acid groups (broad SMARTS) is 1. The van der Waals surface area contributed by atoms with Gasteiger partial charge in [-0.05, 0) is 35.9 Å². The third-order valence-electron chi connectivity index (χ3n) is 5.31. The molecule has 1 aromatic heterocycles. The fraction of sp³-hybridized carbons (Fsp3) is 0.167. The van der Waals surface area contributed by atoms with E-state index in [1.54, 1.807) is 12.1 Å². The van der Waals surface area contributed by atoms with Crippen LogP contribution in [0.1, 0.15) is 17.5 Å². The standard InChI is InChI=1S/C24H18ClFN2O6S/c1-13-27(9-8-19(29)30)24(33)22(35-13)21-17-10-15(25)4-7-18(17)28(23(21)32)11-20(31)34-12-14-2-5-16(26)6-3-14/h2-7,10H,1,8-9,11-12H2,(H,29,30)/b22-21-. The fourth-order valence-corrected chi connectivity index (χ4v) is 4.83. The molecule has 3 aromatic rings. The minimum Gasteiger partial charge on any atom is -0.481 e. The van der Waals surface area contributed by atoms with Crippen LogP contribution in [0.3, 0.4) is 0 Å². The normalized spacial score (nSPS) is 14.2. The van der Waals surface area contributed by atoms with Crippen LogP contribution in [0.4, 0.5) is 10.1 Å². The van der Waals surface area contributed by atoms with Gasteiger partial charge in [-0.25, -0.2) is 4.39 Å². The second-order valence-corrected chi connectivity index (χ2v) is 9.16. The van der Waals surface area contributed by atoms with E-state index >= 15 is 0 Å². The average molecular weight is 517 g/mol. The maximum Gasteiger partial charge on any atom is 0.326 e. The number of halogens is 2. The fourth-order valence-electron chi connectivity index (χ4n) is 3.64. The van der Waals surface area contributed by atoms with Gasteiger partial charge in [-0.15, -0.1) is 11.3 Å². The van der Waals surface area contributed by atoms with E-state index in [4.69, 9.17) is 21.4 Å². The Morgan fingerprint density at radius 1 is 1.14 bits per heavy atom. The summed E-state index contributed by atoms with van der Waals surface area (Å²) >= 11 is 7.11. The number of aliphatic carboxylic acids is 1. The van der Waals surface area contributed by atoms with Crippen molar-refractivity contribution in [3.8, 4) is 0 Å². The molecule has 0 atom stereocenters. The second-order valence-electron chi connectivity index (χ2n) is 7.64. The molecule has 1 amide bonds. The molecule has 2 heterocycles. The Morgan fingerprint density at radius 2 is 1.86 bits per heavy atom. The first-order valence-corrected chi connectivity index (χ1v) is 11.5. The van der Waals surface area contributed by atoms with E-state index in [1.807, 2.05) is 0 Å². The topological polar surface area (TPSA) is 106 Å². The molecule has 8 nitrogen and oxygen atoms in total. The van der Waals surface area contributed by atoms with Crippen molar-refractivity contribution in [2.75, 3.05) is 11.4 Å². The van der Waals surface area contributed by atoms with E-state index in [-0.39, 0.29) is 29.7 Å². The van der Waals surface area contributed by atoms with E-state index in [9.17, 15) is 23.6 Å². The molecule has 180 valence electrons. The summed E-state index contributed by atoms with van der Waals surface area (Å²) in [6, 6.07) is 10.1. The molecule has 0 bridgehead atoms. The molecule has 1 aliphatic rings. The molecule has 2 aromatic carbocycles. The first-order valence-electron chi connectivity index (χ1n) is 10.3. The summed E-state index contributed by atoms with van der Waals surface area (Å²) in [5.41, 5.74) is 0.843. The lowest BCUT2D eigenvalue weighted by molar-refractivity contribution is -0.144. The van der Waals surface area contributed by atoms with Crippen LogP contribution in [0.15, 0.2) is 47.3 Å². The van der Waals surface area contributed by atoms with Gasteiger partial charge in [0.15, 0.2) is 0 Å². The quantitative estimate of drug-likeness (QED) is 0.481. The maximum atomic E-state index is 13.4. The van der Waals surface area contributed by atoms with Crippen molar-refractivity contribution in [2.45, 2.75) is 19.6 Å². The first-order chi connectivity index (χ1) is 16.7. The average Bonchev–Trinajstić information content (AvgIpc) is 3.23. The number of carboxylic acids is 1. The van der Waals surface area contributed by atoms with Crippen molar-refractivity contribution < 1.29 is 28.6 Å². The monoisotopic (exact) mass is 516 g/mol. The van der Waals surface area contributed by atoms with E-state index in [0.29, 0.717) is 26.5 Å². The molecule has 0 saturated heterocycles. The number of anilines is 1. The second kappa shape index (κ2) is 9.85. The molecule has 0 radical (unpaired) electrons. The first kappa shape index (κ1) is 24.4. The highest BCUT2D eigenvalue weighted by Crippen LogP contribution is 2.36. The summed E-state index contributed by atoms with van der Waals surface area (Å²) in [6.45, 7) is 3.19. The zero-order valence-electron chi connectivity index (χ0n) is 18.1. The number of carbonyl (C=O) groups excluding carboxylic acids is 2. The Kier molecular flexibility index (Phi) is 6.86.